The van der Waals surface area contributed by atoms with E-state index in [4.69, 9.17) is 9.47 Å². The molecule has 1 N–H and O–H groups in total. The van der Waals surface area contributed by atoms with Crippen LogP contribution in [0.5, 0.6) is 11.5 Å². The first kappa shape index (κ1) is 17.0. The molecular weight excluding hydrogens is 322 g/mol. The molecule has 1 heterocycles. The van der Waals surface area contributed by atoms with Crippen molar-refractivity contribution in [3.05, 3.63) is 53.6 Å². The van der Waals surface area contributed by atoms with Gasteiger partial charge < -0.3 is 19.5 Å². The van der Waals surface area contributed by atoms with Crippen LogP contribution in [-0.2, 0) is 10.4 Å². The summed E-state index contributed by atoms with van der Waals surface area (Å²) in [6.45, 7) is 0. The van der Waals surface area contributed by atoms with Crippen LogP contribution in [0.4, 0.5) is 5.69 Å². The maximum Gasteiger partial charge on any atom is 0.263 e. The lowest BCUT2D eigenvalue weighted by atomic mass is 9.88. The fourth-order valence-corrected chi connectivity index (χ4v) is 3.15. The first-order chi connectivity index (χ1) is 11.9. The standard InChI is InChI=1S/C19H19NO5/c1-20-15-7-5-4-6-14(15)19(23,18(20)22)11-16(21)13-10-12(24-2)8-9-17(13)25-3/h4-10,23H,11H2,1-3H3/t19-/m1/s1. The van der Waals surface area contributed by atoms with Crippen LogP contribution in [0.2, 0.25) is 0 Å². The number of hydrogen-bond acceptors (Lipinski definition) is 5. The Balaban J connectivity index is 2.00. The quantitative estimate of drug-likeness (QED) is 0.843. The summed E-state index contributed by atoms with van der Waals surface area (Å²) in [5, 5.41) is 11.0. The third kappa shape index (κ3) is 2.64. The highest BCUT2D eigenvalue weighted by Gasteiger charge is 2.49. The summed E-state index contributed by atoms with van der Waals surface area (Å²) in [5.74, 6) is -0.0755. The Morgan fingerprint density at radius 3 is 2.56 bits per heavy atom. The molecule has 2 aromatic carbocycles. The Morgan fingerprint density at radius 2 is 1.88 bits per heavy atom. The topological polar surface area (TPSA) is 76.1 Å². The van der Waals surface area contributed by atoms with Crippen LogP contribution >= 0.6 is 0 Å². The van der Waals surface area contributed by atoms with E-state index in [0.29, 0.717) is 22.7 Å². The van der Waals surface area contributed by atoms with Crippen molar-refractivity contribution in [3.8, 4) is 11.5 Å². The Morgan fingerprint density at radius 1 is 1.16 bits per heavy atom. The van der Waals surface area contributed by atoms with Crippen LogP contribution < -0.4 is 14.4 Å². The molecule has 25 heavy (non-hydrogen) atoms. The molecular formula is C19H19NO5. The second-order valence-electron chi connectivity index (χ2n) is 5.91. The van der Waals surface area contributed by atoms with Gasteiger partial charge in [0.25, 0.3) is 5.91 Å². The van der Waals surface area contributed by atoms with E-state index in [-0.39, 0.29) is 12.0 Å². The Bertz CT molecular complexity index is 847. The monoisotopic (exact) mass is 341 g/mol. The zero-order chi connectivity index (χ0) is 18.2. The SMILES string of the molecule is COc1ccc(OC)c(C(=O)C[C@]2(O)C(=O)N(C)c3ccccc32)c1. The number of para-hydroxylation sites is 1. The maximum absolute atomic E-state index is 12.8. The fourth-order valence-electron chi connectivity index (χ4n) is 3.15. The number of methoxy groups -OCH3 is 2. The number of benzene rings is 2. The van der Waals surface area contributed by atoms with Gasteiger partial charge in [-0.3, -0.25) is 9.59 Å². The number of carbonyl (C=O) groups is 2. The number of anilines is 1. The fraction of sp³-hybridized carbons (Fsp3) is 0.263. The molecule has 1 atom stereocenters. The zero-order valence-corrected chi connectivity index (χ0v) is 14.3. The number of carbonyl (C=O) groups excluding carboxylic acids is 2. The van der Waals surface area contributed by atoms with Gasteiger partial charge in [-0.1, -0.05) is 18.2 Å². The minimum atomic E-state index is -1.89. The lowest BCUT2D eigenvalue weighted by Crippen LogP contribution is -2.40. The molecule has 0 saturated carbocycles. The van der Waals surface area contributed by atoms with Gasteiger partial charge in [0.15, 0.2) is 11.4 Å². The Kier molecular flexibility index (Phi) is 4.22. The van der Waals surface area contributed by atoms with Crippen LogP contribution in [-0.4, -0.2) is 38.1 Å². The number of fused-ring (bicyclic) bond motifs is 1. The van der Waals surface area contributed by atoms with E-state index in [1.807, 2.05) is 0 Å². The van der Waals surface area contributed by atoms with Crippen molar-refractivity contribution in [1.82, 2.24) is 0 Å². The van der Waals surface area contributed by atoms with E-state index in [2.05, 4.69) is 0 Å². The number of nitrogens with zero attached hydrogens (tertiary/aromatic N) is 1. The summed E-state index contributed by atoms with van der Waals surface area (Å²) >= 11 is 0. The molecule has 0 aromatic heterocycles. The summed E-state index contributed by atoms with van der Waals surface area (Å²) in [6, 6.07) is 11.7. The molecule has 2 aromatic rings. The third-order valence-corrected chi connectivity index (χ3v) is 4.49. The maximum atomic E-state index is 12.8. The predicted octanol–water partition coefficient (Wildman–Crippen LogP) is 2.14. The van der Waals surface area contributed by atoms with E-state index < -0.39 is 17.3 Å². The first-order valence-electron chi connectivity index (χ1n) is 7.77. The summed E-state index contributed by atoms with van der Waals surface area (Å²) in [4.78, 5) is 26.8. The summed E-state index contributed by atoms with van der Waals surface area (Å²) in [6.07, 6.45) is -0.378. The highest BCUT2D eigenvalue weighted by Crippen LogP contribution is 2.42. The molecule has 0 fully saturated rings. The molecule has 0 spiro atoms. The molecule has 1 aliphatic rings. The molecule has 130 valence electrons. The lowest BCUT2D eigenvalue weighted by molar-refractivity contribution is -0.135. The number of aliphatic hydroxyl groups is 1. The normalized spacial score (nSPS) is 18.9. The molecule has 6 nitrogen and oxygen atoms in total. The van der Waals surface area contributed by atoms with Gasteiger partial charge in [-0.2, -0.15) is 0 Å². The minimum Gasteiger partial charge on any atom is -0.497 e. The average Bonchev–Trinajstić information content (AvgIpc) is 2.83. The zero-order valence-electron chi connectivity index (χ0n) is 14.3. The van der Waals surface area contributed by atoms with E-state index >= 15 is 0 Å². The average molecular weight is 341 g/mol. The van der Waals surface area contributed by atoms with E-state index in [1.165, 1.54) is 19.1 Å². The number of ketones is 1. The number of Topliss-reactive ketones (excluding diaryl/α,β-unsaturated/α-hetero) is 1. The van der Waals surface area contributed by atoms with Crippen LogP contribution in [0.15, 0.2) is 42.5 Å². The van der Waals surface area contributed by atoms with Crippen molar-refractivity contribution in [2.45, 2.75) is 12.0 Å². The van der Waals surface area contributed by atoms with Gasteiger partial charge in [-0.05, 0) is 24.3 Å². The second kappa shape index (κ2) is 6.22. The van der Waals surface area contributed by atoms with Crippen molar-refractivity contribution in [2.75, 3.05) is 26.2 Å². The highest BCUT2D eigenvalue weighted by molar-refractivity contribution is 6.11. The highest BCUT2D eigenvalue weighted by atomic mass is 16.5. The van der Waals surface area contributed by atoms with Crippen molar-refractivity contribution in [3.63, 3.8) is 0 Å². The van der Waals surface area contributed by atoms with E-state index in [1.54, 1.807) is 49.5 Å². The van der Waals surface area contributed by atoms with Gasteiger partial charge in [-0.15, -0.1) is 0 Å². The van der Waals surface area contributed by atoms with Gasteiger partial charge in [-0.25, -0.2) is 0 Å². The summed E-state index contributed by atoms with van der Waals surface area (Å²) < 4.78 is 10.4. The third-order valence-electron chi connectivity index (χ3n) is 4.49. The molecule has 1 aliphatic heterocycles. The van der Waals surface area contributed by atoms with Crippen LogP contribution in [0.25, 0.3) is 0 Å². The molecule has 0 bridgehead atoms. The molecule has 0 unspecified atom stereocenters. The van der Waals surface area contributed by atoms with Crippen LogP contribution in [0.1, 0.15) is 22.3 Å². The van der Waals surface area contributed by atoms with Crippen molar-refractivity contribution >= 4 is 17.4 Å². The smallest absolute Gasteiger partial charge is 0.263 e. The van der Waals surface area contributed by atoms with Crippen LogP contribution in [0.3, 0.4) is 0 Å². The van der Waals surface area contributed by atoms with E-state index in [9.17, 15) is 14.7 Å². The first-order valence-corrected chi connectivity index (χ1v) is 7.77. The van der Waals surface area contributed by atoms with Crippen LogP contribution in [0, 0.1) is 0 Å². The minimum absolute atomic E-state index is 0.259. The summed E-state index contributed by atoms with van der Waals surface area (Å²) in [5.41, 5.74) is -0.607. The van der Waals surface area contributed by atoms with Crippen molar-refractivity contribution in [1.29, 1.82) is 0 Å². The number of likely N-dealkylation sites (N-methyl/N-ethyl adjacent to an activating group) is 1. The molecule has 1 amide bonds. The summed E-state index contributed by atoms with van der Waals surface area (Å²) in [7, 11) is 4.53. The Hall–Kier alpha value is -2.86. The predicted molar refractivity (Wildman–Crippen MR) is 92.2 cm³/mol. The second-order valence-corrected chi connectivity index (χ2v) is 5.91. The van der Waals surface area contributed by atoms with Gasteiger partial charge in [0.2, 0.25) is 0 Å². The van der Waals surface area contributed by atoms with Gasteiger partial charge in [0, 0.05) is 12.6 Å². The van der Waals surface area contributed by atoms with E-state index in [0.717, 1.165) is 0 Å². The van der Waals surface area contributed by atoms with Gasteiger partial charge >= 0.3 is 0 Å². The number of hydrogen-bond donors (Lipinski definition) is 1. The Labute approximate surface area is 145 Å². The molecule has 3 rings (SSSR count). The number of ether oxygens (including phenoxy) is 2. The van der Waals surface area contributed by atoms with Gasteiger partial charge in [0.05, 0.1) is 31.9 Å². The number of rotatable bonds is 5. The van der Waals surface area contributed by atoms with Crippen molar-refractivity contribution < 1.29 is 24.2 Å². The number of amides is 1. The molecule has 0 aliphatic carbocycles. The lowest BCUT2D eigenvalue weighted by Gasteiger charge is -2.21. The molecule has 0 saturated heterocycles. The van der Waals surface area contributed by atoms with Gasteiger partial charge in [0.1, 0.15) is 11.5 Å². The van der Waals surface area contributed by atoms with Crippen molar-refractivity contribution in [2.24, 2.45) is 0 Å². The largest absolute Gasteiger partial charge is 0.497 e. The molecule has 0 radical (unpaired) electrons. The molecule has 6 heteroatoms.